The zero-order chi connectivity index (χ0) is 25.3. The Morgan fingerprint density at radius 1 is 0.531 bits per heavy atom. The molecule has 1 rings (SSSR count). The summed E-state index contributed by atoms with van der Waals surface area (Å²) in [5, 5.41) is 0. The second-order valence-corrected chi connectivity index (χ2v) is 10.5. The molecule has 0 radical (unpaired) electrons. The molecule has 192 valence electrons. The first-order valence-corrected chi connectivity index (χ1v) is 13.7. The molecular formula is C6H12O21S5. The lowest BCUT2D eigenvalue weighted by Gasteiger charge is -2.42. The molecule has 0 aromatic heterocycles. The van der Waals surface area contributed by atoms with E-state index in [0.29, 0.717) is 0 Å². The Labute approximate surface area is 179 Å². The van der Waals surface area contributed by atoms with E-state index in [2.05, 4.69) is 25.7 Å². The van der Waals surface area contributed by atoms with E-state index in [4.69, 9.17) is 22.8 Å². The molecular weight excluding hydrogens is 568 g/mol. The summed E-state index contributed by atoms with van der Waals surface area (Å²) in [4.78, 5) is 0. The summed E-state index contributed by atoms with van der Waals surface area (Å²) in [7, 11) is -28.3. The quantitative estimate of drug-likeness (QED) is 0.145. The molecule has 3 unspecified atom stereocenters. The van der Waals surface area contributed by atoms with Crippen LogP contribution in [0.4, 0.5) is 0 Å². The van der Waals surface area contributed by atoms with Crippen molar-refractivity contribution >= 4 is 52.0 Å². The van der Waals surface area contributed by atoms with Gasteiger partial charge in [-0.2, -0.15) is 42.1 Å². The Bertz CT molecular complexity index is 1190. The molecule has 26 heteroatoms. The van der Waals surface area contributed by atoms with Crippen molar-refractivity contribution in [3.8, 4) is 0 Å². The number of ether oxygens (including phenoxy) is 1. The van der Waals surface area contributed by atoms with E-state index in [1.54, 1.807) is 0 Å². The lowest BCUT2D eigenvalue weighted by molar-refractivity contribution is -0.261. The number of hydrogen-bond acceptors (Lipinski definition) is 16. The van der Waals surface area contributed by atoms with Crippen molar-refractivity contribution in [2.75, 3.05) is 6.61 Å². The highest BCUT2D eigenvalue weighted by molar-refractivity contribution is 7.82. The van der Waals surface area contributed by atoms with Gasteiger partial charge in [0.2, 0.25) is 6.29 Å². The molecule has 0 aromatic rings. The molecule has 32 heavy (non-hydrogen) atoms. The Morgan fingerprint density at radius 3 is 1.28 bits per heavy atom. The van der Waals surface area contributed by atoms with Crippen molar-refractivity contribution in [3.63, 3.8) is 0 Å². The standard InChI is InChI=1S/C6H12O21S5/c7-28(8,9)22-1-2-3(24-29(10,11)12)4(25-30(13,14)15)5(26-31(16,17)18)6(23-2)27-32(19,20)21/h2-6H,1H2,(H,7,8,9)(H,10,11,12)(H,13,14,15)(H,16,17,18)(H,19,20,21)/t2?,3-,4-,5?,6?/m1/s1. The molecule has 0 spiro atoms. The normalized spacial score (nSPS) is 28.5. The van der Waals surface area contributed by atoms with Crippen LogP contribution in [0.15, 0.2) is 0 Å². The maximum atomic E-state index is 11.1. The van der Waals surface area contributed by atoms with Crippen LogP contribution in [0.1, 0.15) is 0 Å². The van der Waals surface area contributed by atoms with Gasteiger partial charge in [0.15, 0.2) is 6.10 Å². The van der Waals surface area contributed by atoms with Crippen LogP contribution in [0, 0.1) is 0 Å². The minimum absolute atomic E-state index is 1.62. The Balaban J connectivity index is 3.67. The Kier molecular flexibility index (Phi) is 9.07. The van der Waals surface area contributed by atoms with Gasteiger partial charge < -0.3 is 4.74 Å². The van der Waals surface area contributed by atoms with Crippen LogP contribution < -0.4 is 0 Å². The minimum Gasteiger partial charge on any atom is -0.340 e. The molecule has 1 fully saturated rings. The molecule has 0 amide bonds. The smallest absolute Gasteiger partial charge is 0.340 e. The Hall–Kier alpha value is -0.690. The molecule has 0 bridgehead atoms. The maximum Gasteiger partial charge on any atom is 0.399 e. The molecule has 0 saturated carbocycles. The van der Waals surface area contributed by atoms with Crippen molar-refractivity contribution in [1.29, 1.82) is 0 Å². The second-order valence-electron chi connectivity index (χ2n) is 5.24. The van der Waals surface area contributed by atoms with E-state index in [9.17, 15) is 42.1 Å². The van der Waals surface area contributed by atoms with Gasteiger partial charge in [-0.1, -0.05) is 0 Å². The summed E-state index contributed by atoms with van der Waals surface area (Å²) in [5.74, 6) is 0. The van der Waals surface area contributed by atoms with Crippen LogP contribution >= 0.6 is 0 Å². The molecule has 1 heterocycles. The van der Waals surface area contributed by atoms with Crippen molar-refractivity contribution in [2.24, 2.45) is 0 Å². The second kappa shape index (κ2) is 9.89. The first kappa shape index (κ1) is 29.3. The van der Waals surface area contributed by atoms with Gasteiger partial charge in [-0.3, -0.25) is 22.8 Å². The molecule has 0 aliphatic carbocycles. The highest BCUT2D eigenvalue weighted by Gasteiger charge is 2.55. The third-order valence-electron chi connectivity index (χ3n) is 2.89. The monoisotopic (exact) mass is 580 g/mol. The van der Waals surface area contributed by atoms with Gasteiger partial charge >= 0.3 is 52.0 Å². The van der Waals surface area contributed by atoms with Crippen LogP contribution in [0.3, 0.4) is 0 Å². The molecule has 0 aromatic carbocycles. The van der Waals surface area contributed by atoms with Gasteiger partial charge in [0.1, 0.15) is 18.3 Å². The van der Waals surface area contributed by atoms with E-state index in [1.807, 2.05) is 0 Å². The maximum absolute atomic E-state index is 11.1. The zero-order valence-corrected chi connectivity index (χ0v) is 18.5. The summed E-state index contributed by atoms with van der Waals surface area (Å²) in [6.45, 7) is -1.62. The van der Waals surface area contributed by atoms with Crippen LogP contribution in [-0.4, -0.2) is 102 Å². The van der Waals surface area contributed by atoms with Crippen LogP contribution in [0.25, 0.3) is 0 Å². The van der Waals surface area contributed by atoms with E-state index < -0.39 is 89.3 Å². The van der Waals surface area contributed by atoms with Crippen molar-refractivity contribution < 1.29 is 90.5 Å². The topological polar surface area (TPSA) is 327 Å². The van der Waals surface area contributed by atoms with Crippen LogP contribution in [-0.2, 0) is 77.6 Å². The number of hydrogen-bond donors (Lipinski definition) is 5. The van der Waals surface area contributed by atoms with Crippen LogP contribution in [0.2, 0.25) is 0 Å². The third kappa shape index (κ3) is 11.4. The summed E-state index contributed by atoms with van der Waals surface area (Å²) in [6, 6.07) is 0. The fourth-order valence-electron chi connectivity index (χ4n) is 2.11. The van der Waals surface area contributed by atoms with Gasteiger partial charge in [-0.05, 0) is 0 Å². The van der Waals surface area contributed by atoms with Crippen molar-refractivity contribution in [2.45, 2.75) is 30.7 Å². The third-order valence-corrected chi connectivity index (χ3v) is 5.15. The van der Waals surface area contributed by atoms with E-state index >= 15 is 0 Å². The summed E-state index contributed by atoms with van der Waals surface area (Å²) in [5.41, 5.74) is 0. The fourth-order valence-corrected chi connectivity index (χ4v) is 4.31. The summed E-state index contributed by atoms with van der Waals surface area (Å²) >= 11 is 0. The SMILES string of the molecule is O=S(=O)(O)OCC1OC(OS(=O)(=O)O)C(OS(=O)(=O)O)[C@H](OS(=O)(=O)O)[C@@H]1OS(=O)(=O)O. The van der Waals surface area contributed by atoms with Crippen molar-refractivity contribution in [3.05, 3.63) is 0 Å². The molecule has 21 nitrogen and oxygen atoms in total. The van der Waals surface area contributed by atoms with E-state index in [1.165, 1.54) is 0 Å². The van der Waals surface area contributed by atoms with Gasteiger partial charge in [-0.25, -0.2) is 20.9 Å². The first-order chi connectivity index (χ1) is 14.0. The summed E-state index contributed by atoms with van der Waals surface area (Å²) in [6.07, 6.45) is -14.2. The van der Waals surface area contributed by atoms with Crippen LogP contribution in [0.5, 0.6) is 0 Å². The Morgan fingerprint density at radius 2 is 0.906 bits per heavy atom. The average molecular weight is 580 g/mol. The largest absolute Gasteiger partial charge is 0.399 e. The number of rotatable bonds is 11. The predicted molar refractivity (Wildman–Crippen MR) is 88.1 cm³/mol. The zero-order valence-electron chi connectivity index (χ0n) is 14.4. The minimum atomic E-state index is -5.78. The fraction of sp³-hybridized carbons (Fsp3) is 1.00. The first-order valence-electron chi connectivity index (χ1n) is 6.86. The highest BCUT2D eigenvalue weighted by atomic mass is 32.3. The van der Waals surface area contributed by atoms with E-state index in [0.717, 1.165) is 0 Å². The molecule has 5 atom stereocenters. The van der Waals surface area contributed by atoms with Gasteiger partial charge in [0.25, 0.3) is 0 Å². The molecule has 1 saturated heterocycles. The predicted octanol–water partition coefficient (Wildman–Crippen LogP) is -4.09. The van der Waals surface area contributed by atoms with Gasteiger partial charge in [0.05, 0.1) is 6.61 Å². The molecule has 1 aliphatic heterocycles. The summed E-state index contributed by atoms with van der Waals surface area (Å²) < 4.78 is 178. The van der Waals surface area contributed by atoms with Crippen molar-refractivity contribution in [1.82, 2.24) is 0 Å². The molecule has 5 N–H and O–H groups in total. The van der Waals surface area contributed by atoms with Gasteiger partial charge in [0, 0.05) is 0 Å². The lowest BCUT2D eigenvalue weighted by atomic mass is 9.99. The molecule has 1 aliphatic rings. The average Bonchev–Trinajstić information content (AvgIpc) is 2.45. The lowest BCUT2D eigenvalue weighted by Crippen LogP contribution is -2.63. The van der Waals surface area contributed by atoms with Gasteiger partial charge in [-0.15, -0.1) is 0 Å². The van der Waals surface area contributed by atoms with E-state index in [-0.39, 0.29) is 0 Å². The highest BCUT2D eigenvalue weighted by Crippen LogP contribution is 2.32.